The Morgan fingerprint density at radius 3 is 2.62 bits per heavy atom. The number of carbonyl (C=O) groups is 1. The molecular weight excluding hydrogens is 344 g/mol. The molecule has 0 aromatic heterocycles. The molecule has 2 aromatic carbocycles. The molecule has 0 saturated carbocycles. The van der Waals surface area contributed by atoms with E-state index in [2.05, 4.69) is 49.6 Å². The van der Waals surface area contributed by atoms with Crippen LogP contribution in [0.5, 0.6) is 0 Å². The molecule has 0 saturated heterocycles. The molecule has 1 atom stereocenters. The highest BCUT2D eigenvalue weighted by atomic mass is 32.1. The minimum atomic E-state index is -0.323. The fraction of sp³-hybridized carbons (Fsp3) is 0.333. The van der Waals surface area contributed by atoms with Crippen LogP contribution in [0, 0.1) is 20.8 Å². The number of hydrogen-bond donors (Lipinski definition) is 2. The third-order valence-electron chi connectivity index (χ3n) is 4.33. The minimum absolute atomic E-state index is 0.0726. The number of carbonyl (C=O) groups excluding carboxylic acids is 1. The van der Waals surface area contributed by atoms with Crippen molar-refractivity contribution in [2.24, 2.45) is 0 Å². The van der Waals surface area contributed by atoms with Crippen LogP contribution in [0.4, 0.5) is 5.69 Å². The topological polar surface area (TPSA) is 50.4 Å². The van der Waals surface area contributed by atoms with E-state index in [0.717, 1.165) is 11.3 Å². The van der Waals surface area contributed by atoms with Gasteiger partial charge in [0.15, 0.2) is 5.11 Å². The molecule has 0 aliphatic carbocycles. The first kappa shape index (κ1) is 19.9. The van der Waals surface area contributed by atoms with Crippen LogP contribution in [0.1, 0.15) is 52.5 Å². The van der Waals surface area contributed by atoms with E-state index in [4.69, 9.17) is 17.0 Å². The van der Waals surface area contributed by atoms with Gasteiger partial charge in [-0.3, -0.25) is 0 Å². The summed E-state index contributed by atoms with van der Waals surface area (Å²) in [6, 6.07) is 11.9. The van der Waals surface area contributed by atoms with Crippen molar-refractivity contribution < 1.29 is 9.53 Å². The average molecular weight is 371 g/mol. The number of aryl methyl sites for hydroxylation is 2. The second-order valence-electron chi connectivity index (χ2n) is 6.38. The van der Waals surface area contributed by atoms with Crippen LogP contribution in [0.25, 0.3) is 0 Å². The van der Waals surface area contributed by atoms with Gasteiger partial charge in [-0.25, -0.2) is 4.79 Å². The lowest BCUT2D eigenvalue weighted by Gasteiger charge is -2.20. The van der Waals surface area contributed by atoms with Crippen molar-refractivity contribution in [1.29, 1.82) is 0 Å². The number of anilines is 1. The van der Waals surface area contributed by atoms with Gasteiger partial charge in [-0.15, -0.1) is 0 Å². The van der Waals surface area contributed by atoms with Crippen molar-refractivity contribution in [1.82, 2.24) is 5.32 Å². The molecule has 0 radical (unpaired) electrons. The van der Waals surface area contributed by atoms with E-state index in [1.807, 2.05) is 19.1 Å². The van der Waals surface area contributed by atoms with E-state index < -0.39 is 0 Å². The number of benzene rings is 2. The molecule has 2 N–H and O–H groups in total. The van der Waals surface area contributed by atoms with E-state index in [1.165, 1.54) is 16.7 Å². The average Bonchev–Trinajstić information content (AvgIpc) is 2.59. The fourth-order valence-corrected chi connectivity index (χ4v) is 3.15. The van der Waals surface area contributed by atoms with Gasteiger partial charge in [-0.05, 0) is 75.7 Å². The Balaban J connectivity index is 2.11. The minimum Gasteiger partial charge on any atom is -0.462 e. The molecular formula is C21H26N2O2S. The summed E-state index contributed by atoms with van der Waals surface area (Å²) in [4.78, 5) is 12.0. The van der Waals surface area contributed by atoms with E-state index in [9.17, 15) is 4.79 Å². The first-order valence-electron chi connectivity index (χ1n) is 8.74. The van der Waals surface area contributed by atoms with E-state index in [1.54, 1.807) is 13.0 Å². The van der Waals surface area contributed by atoms with Crippen LogP contribution >= 0.6 is 12.2 Å². The molecule has 0 heterocycles. The van der Waals surface area contributed by atoms with Crippen LogP contribution < -0.4 is 10.6 Å². The Kier molecular flexibility index (Phi) is 6.75. The van der Waals surface area contributed by atoms with Crippen molar-refractivity contribution in [3.8, 4) is 0 Å². The summed E-state index contributed by atoms with van der Waals surface area (Å²) in [7, 11) is 0. The van der Waals surface area contributed by atoms with Gasteiger partial charge in [0.05, 0.1) is 18.2 Å². The maximum Gasteiger partial charge on any atom is 0.338 e. The molecule has 0 fully saturated rings. The van der Waals surface area contributed by atoms with Crippen LogP contribution in [0.2, 0.25) is 0 Å². The standard InChI is InChI=1S/C21H26N2O2S/c1-6-25-20(24)17-8-7-9-19(15(17)4)23-21(26)22-16(5)18-12-13(2)10-11-14(18)3/h7-12,16H,6H2,1-5H3,(H2,22,23,26). The summed E-state index contributed by atoms with van der Waals surface area (Å²) in [5.41, 5.74) is 5.80. The van der Waals surface area contributed by atoms with E-state index >= 15 is 0 Å². The van der Waals surface area contributed by atoms with Gasteiger partial charge in [-0.2, -0.15) is 0 Å². The van der Waals surface area contributed by atoms with Gasteiger partial charge in [0, 0.05) is 5.69 Å². The van der Waals surface area contributed by atoms with Gasteiger partial charge in [0.1, 0.15) is 0 Å². The van der Waals surface area contributed by atoms with E-state index in [-0.39, 0.29) is 12.0 Å². The predicted molar refractivity (Wildman–Crippen MR) is 111 cm³/mol. The molecule has 4 nitrogen and oxygen atoms in total. The fourth-order valence-electron chi connectivity index (χ4n) is 2.86. The molecule has 26 heavy (non-hydrogen) atoms. The summed E-state index contributed by atoms with van der Waals surface area (Å²) in [5, 5.41) is 7.03. The molecule has 2 rings (SSSR count). The first-order chi connectivity index (χ1) is 12.3. The Morgan fingerprint density at radius 1 is 1.19 bits per heavy atom. The van der Waals surface area contributed by atoms with Gasteiger partial charge in [0.25, 0.3) is 0 Å². The summed E-state index contributed by atoms with van der Waals surface area (Å²) in [6.45, 7) is 10.3. The quantitative estimate of drug-likeness (QED) is 0.583. The third kappa shape index (κ3) is 4.82. The third-order valence-corrected chi connectivity index (χ3v) is 4.55. The van der Waals surface area contributed by atoms with E-state index in [0.29, 0.717) is 17.3 Å². The van der Waals surface area contributed by atoms with Crippen LogP contribution in [-0.2, 0) is 4.74 Å². The van der Waals surface area contributed by atoms with Crippen molar-refractivity contribution in [3.63, 3.8) is 0 Å². The molecule has 0 aliphatic rings. The van der Waals surface area contributed by atoms with Gasteiger partial charge in [0.2, 0.25) is 0 Å². The zero-order valence-electron chi connectivity index (χ0n) is 16.0. The van der Waals surface area contributed by atoms with Crippen molar-refractivity contribution in [2.75, 3.05) is 11.9 Å². The zero-order chi connectivity index (χ0) is 19.3. The monoisotopic (exact) mass is 370 g/mol. The molecule has 5 heteroatoms. The molecule has 138 valence electrons. The van der Waals surface area contributed by atoms with Gasteiger partial charge < -0.3 is 15.4 Å². The molecule has 0 aliphatic heterocycles. The predicted octanol–water partition coefficient (Wildman–Crippen LogP) is 4.84. The highest BCUT2D eigenvalue weighted by molar-refractivity contribution is 7.80. The lowest BCUT2D eigenvalue weighted by Crippen LogP contribution is -2.31. The summed E-state index contributed by atoms with van der Waals surface area (Å²) in [5.74, 6) is -0.323. The highest BCUT2D eigenvalue weighted by Gasteiger charge is 2.14. The number of nitrogens with one attached hydrogen (secondary N) is 2. The van der Waals surface area contributed by atoms with Crippen molar-refractivity contribution in [2.45, 2.75) is 40.7 Å². The molecule has 1 unspecified atom stereocenters. The lowest BCUT2D eigenvalue weighted by molar-refractivity contribution is 0.0525. The Labute approximate surface area is 161 Å². The Bertz CT molecular complexity index is 818. The Morgan fingerprint density at radius 2 is 1.92 bits per heavy atom. The number of hydrogen-bond acceptors (Lipinski definition) is 3. The SMILES string of the molecule is CCOC(=O)c1cccc(NC(=S)NC(C)c2cc(C)ccc2C)c1C. The second-order valence-corrected chi connectivity index (χ2v) is 6.79. The molecule has 0 amide bonds. The number of thiocarbonyl (C=S) groups is 1. The summed E-state index contributed by atoms with van der Waals surface area (Å²) in [6.07, 6.45) is 0. The number of esters is 1. The van der Waals surface area contributed by atoms with Crippen LogP contribution in [-0.4, -0.2) is 17.7 Å². The second kappa shape index (κ2) is 8.81. The lowest BCUT2D eigenvalue weighted by atomic mass is 10.0. The molecule has 0 bridgehead atoms. The largest absolute Gasteiger partial charge is 0.462 e. The van der Waals surface area contributed by atoms with Gasteiger partial charge >= 0.3 is 5.97 Å². The van der Waals surface area contributed by atoms with Crippen molar-refractivity contribution in [3.05, 3.63) is 64.2 Å². The number of rotatable bonds is 5. The van der Waals surface area contributed by atoms with Crippen LogP contribution in [0.15, 0.2) is 36.4 Å². The normalized spacial score (nSPS) is 11.6. The van der Waals surface area contributed by atoms with Crippen molar-refractivity contribution >= 4 is 29.0 Å². The van der Waals surface area contributed by atoms with Crippen LogP contribution in [0.3, 0.4) is 0 Å². The molecule has 0 spiro atoms. The smallest absolute Gasteiger partial charge is 0.338 e. The zero-order valence-corrected chi connectivity index (χ0v) is 16.8. The Hall–Kier alpha value is -2.40. The summed E-state index contributed by atoms with van der Waals surface area (Å²) < 4.78 is 5.10. The highest BCUT2D eigenvalue weighted by Crippen LogP contribution is 2.22. The number of ether oxygens (including phenoxy) is 1. The van der Waals surface area contributed by atoms with Gasteiger partial charge in [-0.1, -0.05) is 29.8 Å². The first-order valence-corrected chi connectivity index (χ1v) is 9.15. The maximum absolute atomic E-state index is 12.0. The summed E-state index contributed by atoms with van der Waals surface area (Å²) >= 11 is 5.47. The maximum atomic E-state index is 12.0. The molecule has 2 aromatic rings.